The summed E-state index contributed by atoms with van der Waals surface area (Å²) in [6.45, 7) is 8.67. The van der Waals surface area contributed by atoms with Gasteiger partial charge in [0.05, 0.1) is 12.1 Å². The minimum atomic E-state index is -1.10. The first-order valence-electron chi connectivity index (χ1n) is 9.89. The van der Waals surface area contributed by atoms with E-state index in [1.165, 1.54) is 0 Å². The Labute approximate surface area is 170 Å². The maximum absolute atomic E-state index is 12.7. The Morgan fingerprint density at radius 2 is 1.90 bits per heavy atom. The molecule has 4 aromatic rings. The summed E-state index contributed by atoms with van der Waals surface area (Å²) in [6.07, 6.45) is 1.85. The predicted molar refractivity (Wildman–Crippen MR) is 119 cm³/mol. The molecule has 29 heavy (non-hydrogen) atoms. The zero-order valence-corrected chi connectivity index (χ0v) is 18.1. The lowest BCUT2D eigenvalue weighted by Crippen LogP contribution is -2.22. The minimum Gasteiger partial charge on any atom is -0.359 e. The van der Waals surface area contributed by atoms with Crippen LogP contribution in [0.4, 0.5) is 0 Å². The normalized spacial score (nSPS) is 12.1. The molecule has 6 nitrogen and oxygen atoms in total. The van der Waals surface area contributed by atoms with Crippen molar-refractivity contribution in [1.29, 1.82) is 0 Å². The molecule has 0 bridgehead atoms. The molecule has 0 saturated heterocycles. The van der Waals surface area contributed by atoms with E-state index in [0.29, 0.717) is 13.3 Å². The molecule has 2 heterocycles. The van der Waals surface area contributed by atoms with Crippen molar-refractivity contribution >= 4 is 29.9 Å². The third-order valence-electron chi connectivity index (χ3n) is 5.03. The fraction of sp³-hybridized carbons (Fsp3) is 0.318. The van der Waals surface area contributed by atoms with E-state index in [1.54, 1.807) is 9.25 Å². The molecule has 7 heteroatoms. The molecular formula is C22H26N4O2Si. The Bertz CT molecular complexity index is 1210. The van der Waals surface area contributed by atoms with E-state index in [2.05, 4.69) is 30.0 Å². The van der Waals surface area contributed by atoms with Gasteiger partial charge in [0.1, 0.15) is 12.2 Å². The number of aromatic nitrogens is 4. The summed E-state index contributed by atoms with van der Waals surface area (Å²) in [5, 5.41) is 10.2. The number of hydrogen-bond donors (Lipinski definition) is 0. The molecule has 0 radical (unpaired) electrons. The third kappa shape index (κ3) is 4.46. The van der Waals surface area contributed by atoms with Gasteiger partial charge in [-0.1, -0.05) is 49.1 Å². The number of fused-ring (bicyclic) bond motifs is 2. The molecule has 0 aliphatic rings. The van der Waals surface area contributed by atoms with Crippen LogP contribution in [0.3, 0.4) is 0 Å². The Kier molecular flexibility index (Phi) is 5.34. The smallest absolute Gasteiger partial charge is 0.258 e. The highest BCUT2D eigenvalue weighted by atomic mass is 28.3. The summed E-state index contributed by atoms with van der Waals surface area (Å²) in [5.41, 5.74) is 2.78. The van der Waals surface area contributed by atoms with Crippen molar-refractivity contribution in [2.75, 3.05) is 6.61 Å². The second kappa shape index (κ2) is 7.92. The van der Waals surface area contributed by atoms with Crippen LogP contribution in [0.5, 0.6) is 0 Å². The van der Waals surface area contributed by atoms with Crippen LogP contribution in [0.25, 0.3) is 21.8 Å². The highest BCUT2D eigenvalue weighted by Gasteiger charge is 2.13. The minimum absolute atomic E-state index is 0.0163. The van der Waals surface area contributed by atoms with Crippen LogP contribution in [0, 0.1) is 0 Å². The van der Waals surface area contributed by atoms with Crippen LogP contribution in [-0.2, 0) is 18.0 Å². The SMILES string of the molecule is C[Si](C)(C)CCOCn1nnc2cc(Cn3ccc4ccccc4c3=O)ccc21. The molecule has 0 fully saturated rings. The van der Waals surface area contributed by atoms with Crippen molar-refractivity contribution in [3.05, 3.63) is 70.6 Å². The molecular weight excluding hydrogens is 380 g/mol. The van der Waals surface area contributed by atoms with Gasteiger partial charge in [-0.25, -0.2) is 4.68 Å². The lowest BCUT2D eigenvalue weighted by atomic mass is 10.1. The summed E-state index contributed by atoms with van der Waals surface area (Å²) in [4.78, 5) is 12.7. The van der Waals surface area contributed by atoms with Gasteiger partial charge in [0.25, 0.3) is 5.56 Å². The number of benzene rings is 2. The highest BCUT2D eigenvalue weighted by Crippen LogP contribution is 2.16. The van der Waals surface area contributed by atoms with Crippen LogP contribution in [0.15, 0.2) is 59.5 Å². The highest BCUT2D eigenvalue weighted by molar-refractivity contribution is 6.76. The average Bonchev–Trinajstić information content (AvgIpc) is 3.09. The molecule has 2 aromatic heterocycles. The summed E-state index contributed by atoms with van der Waals surface area (Å²) >= 11 is 0. The Balaban J connectivity index is 1.50. The maximum Gasteiger partial charge on any atom is 0.258 e. The van der Waals surface area contributed by atoms with Crippen LogP contribution < -0.4 is 5.56 Å². The van der Waals surface area contributed by atoms with Crippen molar-refractivity contribution in [1.82, 2.24) is 19.6 Å². The van der Waals surface area contributed by atoms with E-state index >= 15 is 0 Å². The molecule has 4 rings (SSSR count). The Morgan fingerprint density at radius 1 is 1.07 bits per heavy atom. The zero-order chi connectivity index (χ0) is 20.4. The second-order valence-corrected chi connectivity index (χ2v) is 14.2. The van der Waals surface area contributed by atoms with Crippen molar-refractivity contribution in [3.8, 4) is 0 Å². The summed E-state index contributed by atoms with van der Waals surface area (Å²) in [5.74, 6) is 0. The van der Waals surface area contributed by atoms with Crippen LogP contribution >= 0.6 is 0 Å². The van der Waals surface area contributed by atoms with Gasteiger partial charge in [-0.2, -0.15) is 0 Å². The quantitative estimate of drug-likeness (QED) is 0.342. The zero-order valence-electron chi connectivity index (χ0n) is 17.1. The Hall–Kier alpha value is -2.77. The molecule has 0 spiro atoms. The van der Waals surface area contributed by atoms with Gasteiger partial charge >= 0.3 is 0 Å². The van der Waals surface area contributed by atoms with Crippen molar-refractivity contribution in [2.24, 2.45) is 0 Å². The van der Waals surface area contributed by atoms with Gasteiger partial charge in [0.15, 0.2) is 0 Å². The molecule has 0 unspecified atom stereocenters. The van der Waals surface area contributed by atoms with Gasteiger partial charge in [-0.15, -0.1) is 5.10 Å². The predicted octanol–water partition coefficient (Wildman–Crippen LogP) is 4.11. The van der Waals surface area contributed by atoms with Crippen molar-refractivity contribution in [2.45, 2.75) is 39.0 Å². The van der Waals surface area contributed by atoms with Crippen molar-refractivity contribution in [3.63, 3.8) is 0 Å². The fourth-order valence-corrected chi connectivity index (χ4v) is 4.05. The molecule has 0 N–H and O–H groups in total. The largest absolute Gasteiger partial charge is 0.359 e. The standard InChI is InChI=1S/C22H26N4O2Si/c1-29(2,3)13-12-28-16-26-21-9-8-17(14-20(21)23-24-26)15-25-11-10-18-6-4-5-7-19(18)22(25)27/h4-11,14H,12-13,15-16H2,1-3H3. The van der Waals surface area contributed by atoms with E-state index < -0.39 is 8.07 Å². The van der Waals surface area contributed by atoms with Gasteiger partial charge < -0.3 is 9.30 Å². The third-order valence-corrected chi connectivity index (χ3v) is 6.73. The lowest BCUT2D eigenvalue weighted by Gasteiger charge is -2.15. The van der Waals surface area contributed by atoms with Gasteiger partial charge in [-0.3, -0.25) is 4.79 Å². The molecule has 0 aliphatic heterocycles. The number of rotatable bonds is 7. The van der Waals surface area contributed by atoms with Crippen LogP contribution in [-0.4, -0.2) is 34.2 Å². The maximum atomic E-state index is 12.7. The number of pyridine rings is 1. The summed E-state index contributed by atoms with van der Waals surface area (Å²) < 4.78 is 9.31. The van der Waals surface area contributed by atoms with Crippen molar-refractivity contribution < 1.29 is 4.74 Å². The Morgan fingerprint density at radius 3 is 2.72 bits per heavy atom. The van der Waals surface area contributed by atoms with E-state index in [1.807, 2.05) is 54.7 Å². The summed E-state index contributed by atoms with van der Waals surface area (Å²) in [7, 11) is -1.10. The number of nitrogens with zero attached hydrogens (tertiary/aromatic N) is 4. The number of hydrogen-bond acceptors (Lipinski definition) is 4. The second-order valence-electron chi connectivity index (χ2n) is 8.60. The molecule has 2 aromatic carbocycles. The first kappa shape index (κ1) is 19.5. The molecule has 0 aliphatic carbocycles. The van der Waals surface area contributed by atoms with Gasteiger partial charge in [0, 0.05) is 26.3 Å². The van der Waals surface area contributed by atoms with Gasteiger partial charge in [0.2, 0.25) is 0 Å². The first-order chi connectivity index (χ1) is 13.9. The number of ether oxygens (including phenoxy) is 1. The lowest BCUT2D eigenvalue weighted by molar-refractivity contribution is 0.0803. The fourth-order valence-electron chi connectivity index (χ4n) is 3.29. The van der Waals surface area contributed by atoms with Gasteiger partial charge in [-0.05, 0) is 41.3 Å². The van der Waals surface area contributed by atoms with E-state index in [-0.39, 0.29) is 5.56 Å². The molecule has 150 valence electrons. The monoisotopic (exact) mass is 406 g/mol. The average molecular weight is 407 g/mol. The van der Waals surface area contributed by atoms with Crippen LogP contribution in [0.2, 0.25) is 25.7 Å². The van der Waals surface area contributed by atoms with Crippen LogP contribution in [0.1, 0.15) is 5.56 Å². The molecule has 0 saturated carbocycles. The van der Waals surface area contributed by atoms with E-state index in [4.69, 9.17) is 4.74 Å². The van der Waals surface area contributed by atoms with E-state index in [0.717, 1.165) is 40.0 Å². The van der Waals surface area contributed by atoms with E-state index in [9.17, 15) is 4.79 Å². The summed E-state index contributed by atoms with van der Waals surface area (Å²) in [6, 6.07) is 16.8. The topological polar surface area (TPSA) is 61.9 Å². The molecule has 0 atom stereocenters. The first-order valence-corrected chi connectivity index (χ1v) is 13.6. The molecule has 0 amide bonds.